The van der Waals surface area contributed by atoms with Gasteiger partial charge in [0.05, 0.1) is 0 Å². The second-order valence-corrected chi connectivity index (χ2v) is 7.79. The van der Waals surface area contributed by atoms with Crippen LogP contribution in [0.25, 0.3) is 0 Å². The van der Waals surface area contributed by atoms with Gasteiger partial charge in [-0.15, -0.1) is 0 Å². The molecule has 0 aliphatic heterocycles. The molecule has 0 spiro atoms. The van der Waals surface area contributed by atoms with E-state index in [0.717, 1.165) is 29.0 Å². The molecule has 0 heterocycles. The number of benzene rings is 2. The Bertz CT molecular complexity index is 800. The van der Waals surface area contributed by atoms with Crippen molar-refractivity contribution in [1.82, 2.24) is 5.32 Å². The maximum atomic E-state index is 11.7. The minimum Gasteiger partial charge on any atom is -0.319 e. The van der Waals surface area contributed by atoms with Crippen LogP contribution in [0.4, 0.5) is 0 Å². The molecule has 2 nitrogen and oxygen atoms in total. The van der Waals surface area contributed by atoms with Crippen LogP contribution in [0, 0.1) is 18.8 Å². The van der Waals surface area contributed by atoms with Crippen LogP contribution in [-0.2, 0) is 4.79 Å². The summed E-state index contributed by atoms with van der Waals surface area (Å²) in [4.78, 5) is 11.7. The van der Waals surface area contributed by atoms with E-state index >= 15 is 0 Å². The van der Waals surface area contributed by atoms with Crippen molar-refractivity contribution in [3.05, 3.63) is 81.4 Å². The van der Waals surface area contributed by atoms with Crippen molar-refractivity contribution >= 4 is 29.5 Å². The summed E-state index contributed by atoms with van der Waals surface area (Å²) in [5, 5.41) is 4.74. The third kappa shape index (κ3) is 3.88. The Hall–Kier alpha value is -1.61. The van der Waals surface area contributed by atoms with Crippen LogP contribution < -0.4 is 5.32 Å². The number of carbonyl (C=O) groups excluding carboxylic acids is 1. The van der Waals surface area contributed by atoms with E-state index in [1.54, 1.807) is 0 Å². The van der Waals surface area contributed by atoms with Crippen LogP contribution in [-0.4, -0.2) is 19.9 Å². The summed E-state index contributed by atoms with van der Waals surface area (Å²) in [7, 11) is 1.92. The summed E-state index contributed by atoms with van der Waals surface area (Å²) < 4.78 is 0. The van der Waals surface area contributed by atoms with Gasteiger partial charge in [0.2, 0.25) is 0 Å². The van der Waals surface area contributed by atoms with E-state index < -0.39 is 0 Å². The first-order valence-electron chi connectivity index (χ1n) is 8.85. The lowest BCUT2D eigenvalue weighted by Gasteiger charge is -2.39. The van der Waals surface area contributed by atoms with Gasteiger partial charge in [-0.3, -0.25) is 0 Å². The summed E-state index contributed by atoms with van der Waals surface area (Å²) >= 11 is 12.7. The predicted octanol–water partition coefficient (Wildman–Crippen LogP) is 5.39. The number of allylic oxidation sites excluding steroid dienone is 2. The summed E-state index contributed by atoms with van der Waals surface area (Å²) in [5.74, 6) is 0.272. The molecule has 4 atom stereocenters. The van der Waals surface area contributed by atoms with Crippen molar-refractivity contribution in [2.24, 2.45) is 11.8 Å². The molecule has 0 amide bonds. The topological polar surface area (TPSA) is 29.1 Å². The number of rotatable bonds is 5. The molecule has 0 saturated carbocycles. The highest BCUT2D eigenvalue weighted by molar-refractivity contribution is 6.31. The van der Waals surface area contributed by atoms with Crippen LogP contribution in [0.3, 0.4) is 0 Å². The minimum atomic E-state index is -0.122. The van der Waals surface area contributed by atoms with Gasteiger partial charge in [0.25, 0.3) is 0 Å². The summed E-state index contributed by atoms with van der Waals surface area (Å²) in [6, 6.07) is 14.1. The lowest BCUT2D eigenvalue weighted by molar-refractivity contribution is -0.111. The third-order valence-corrected chi connectivity index (χ3v) is 5.83. The molecule has 0 radical (unpaired) electrons. The van der Waals surface area contributed by atoms with Crippen molar-refractivity contribution in [3.8, 4) is 0 Å². The Balaban J connectivity index is 2.12. The van der Waals surface area contributed by atoms with Gasteiger partial charge in [0.15, 0.2) is 0 Å². The molecule has 1 aliphatic carbocycles. The molecule has 4 unspecified atom stereocenters. The van der Waals surface area contributed by atoms with Gasteiger partial charge in [0, 0.05) is 21.9 Å². The van der Waals surface area contributed by atoms with E-state index in [1.165, 1.54) is 5.56 Å². The Morgan fingerprint density at radius 3 is 2.42 bits per heavy atom. The highest BCUT2D eigenvalue weighted by Gasteiger charge is 2.38. The van der Waals surface area contributed by atoms with Gasteiger partial charge >= 0.3 is 0 Å². The largest absolute Gasteiger partial charge is 0.319 e. The zero-order valence-corrected chi connectivity index (χ0v) is 16.5. The summed E-state index contributed by atoms with van der Waals surface area (Å²) in [6.07, 6.45) is 5.22. The van der Waals surface area contributed by atoms with Crippen LogP contribution in [0.5, 0.6) is 0 Å². The van der Waals surface area contributed by atoms with Crippen LogP contribution in [0.1, 0.15) is 28.5 Å². The molecule has 0 bridgehead atoms. The fraction of sp³-hybridized carbons (Fsp3) is 0.318. The molecular weight excluding hydrogens is 365 g/mol. The zero-order chi connectivity index (χ0) is 18.7. The lowest BCUT2D eigenvalue weighted by atomic mass is 9.66. The van der Waals surface area contributed by atoms with Crippen LogP contribution in [0.2, 0.25) is 10.0 Å². The molecule has 1 N–H and O–H groups in total. The first-order valence-corrected chi connectivity index (χ1v) is 9.60. The van der Waals surface area contributed by atoms with Crippen LogP contribution >= 0.6 is 23.2 Å². The number of aryl methyl sites for hydroxylation is 1. The standard InChI is InChI=1S/C22H23Cl2NO/c1-14-3-9-18(21(24)11-14)19-10-6-16(13-26)20(12-25-2)22(19)15-4-7-17(23)8-5-15/h3-11,13,16,19-20,22,25H,12H2,1-2H3. The fourth-order valence-corrected chi connectivity index (χ4v) is 4.49. The van der Waals surface area contributed by atoms with Gasteiger partial charge in [0.1, 0.15) is 6.29 Å². The van der Waals surface area contributed by atoms with E-state index in [1.807, 2.05) is 38.2 Å². The number of aldehydes is 1. The molecule has 26 heavy (non-hydrogen) atoms. The van der Waals surface area contributed by atoms with Gasteiger partial charge < -0.3 is 10.1 Å². The highest BCUT2D eigenvalue weighted by atomic mass is 35.5. The molecule has 0 fully saturated rings. The van der Waals surface area contributed by atoms with Gasteiger partial charge in [-0.25, -0.2) is 0 Å². The monoisotopic (exact) mass is 387 g/mol. The Kier molecular flexibility index (Phi) is 6.18. The first kappa shape index (κ1) is 19.2. The molecule has 3 rings (SSSR count). The van der Waals surface area contributed by atoms with E-state index in [0.29, 0.717) is 5.02 Å². The minimum absolute atomic E-state index is 0.110. The van der Waals surface area contributed by atoms with Gasteiger partial charge in [-0.2, -0.15) is 0 Å². The molecule has 4 heteroatoms. The SMILES string of the molecule is CNCC1C(C=O)C=CC(c2ccc(C)cc2Cl)C1c1ccc(Cl)cc1. The van der Waals surface area contributed by atoms with Gasteiger partial charge in [-0.05, 0) is 67.2 Å². The Labute approximate surface area is 165 Å². The molecule has 2 aromatic carbocycles. The Morgan fingerprint density at radius 1 is 1.08 bits per heavy atom. The van der Waals surface area contributed by atoms with E-state index in [2.05, 4.69) is 35.7 Å². The predicted molar refractivity (Wildman–Crippen MR) is 109 cm³/mol. The quantitative estimate of drug-likeness (QED) is 0.550. The third-order valence-electron chi connectivity index (χ3n) is 5.25. The Morgan fingerprint density at radius 2 is 1.81 bits per heavy atom. The fourth-order valence-electron chi connectivity index (χ4n) is 4.00. The van der Waals surface area contributed by atoms with Crippen molar-refractivity contribution in [2.45, 2.75) is 18.8 Å². The van der Waals surface area contributed by atoms with Gasteiger partial charge in [-0.1, -0.05) is 59.6 Å². The van der Waals surface area contributed by atoms with Crippen molar-refractivity contribution in [2.75, 3.05) is 13.6 Å². The smallest absolute Gasteiger partial charge is 0.127 e. The number of nitrogens with one attached hydrogen (secondary N) is 1. The molecule has 0 saturated heterocycles. The number of hydrogen-bond donors (Lipinski definition) is 1. The van der Waals surface area contributed by atoms with Crippen molar-refractivity contribution < 1.29 is 4.79 Å². The lowest BCUT2D eigenvalue weighted by Crippen LogP contribution is -2.36. The zero-order valence-electron chi connectivity index (χ0n) is 15.0. The maximum Gasteiger partial charge on any atom is 0.127 e. The van der Waals surface area contributed by atoms with E-state index in [4.69, 9.17) is 23.2 Å². The summed E-state index contributed by atoms with van der Waals surface area (Å²) in [6.45, 7) is 2.79. The number of halogens is 2. The van der Waals surface area contributed by atoms with Crippen molar-refractivity contribution in [3.63, 3.8) is 0 Å². The second kappa shape index (κ2) is 8.39. The second-order valence-electron chi connectivity index (χ2n) is 6.95. The molecule has 0 aromatic heterocycles. The van der Waals surface area contributed by atoms with E-state index in [-0.39, 0.29) is 23.7 Å². The number of hydrogen-bond acceptors (Lipinski definition) is 2. The maximum absolute atomic E-state index is 11.7. The molecule has 136 valence electrons. The van der Waals surface area contributed by atoms with E-state index in [9.17, 15) is 4.79 Å². The molecular formula is C22H23Cl2NO. The van der Waals surface area contributed by atoms with Crippen LogP contribution in [0.15, 0.2) is 54.6 Å². The molecule has 2 aromatic rings. The average Bonchev–Trinajstić information content (AvgIpc) is 2.63. The first-order chi connectivity index (χ1) is 12.5. The number of carbonyl (C=O) groups is 1. The highest BCUT2D eigenvalue weighted by Crippen LogP contribution is 2.47. The van der Waals surface area contributed by atoms with Crippen molar-refractivity contribution in [1.29, 1.82) is 0 Å². The summed E-state index contributed by atoms with van der Waals surface area (Å²) in [5.41, 5.74) is 3.41. The molecule has 1 aliphatic rings. The normalized spacial score (nSPS) is 25.2. The average molecular weight is 388 g/mol.